The number of hydrogen-bond donors (Lipinski definition) is 0. The molecule has 0 aromatic heterocycles. The highest BCUT2D eigenvalue weighted by molar-refractivity contribution is 6.08. The number of aliphatic imine (C=N–C) groups is 1. The minimum Gasteiger partial charge on any atom is -0.489 e. The molecule has 0 bridgehead atoms. The van der Waals surface area contributed by atoms with Crippen LogP contribution in [0, 0.1) is 5.92 Å². The van der Waals surface area contributed by atoms with Crippen LogP contribution in [-0.2, 0) is 20.9 Å². The number of esters is 1. The quantitative estimate of drug-likeness (QED) is 0.684. The molecule has 30 heavy (non-hydrogen) atoms. The summed E-state index contributed by atoms with van der Waals surface area (Å²) in [6, 6.07) is 17.5. The number of carbonyl (C=O) groups is 2. The van der Waals surface area contributed by atoms with Gasteiger partial charge in [-0.3, -0.25) is 14.6 Å². The maximum Gasteiger partial charge on any atom is 0.315 e. The first-order chi connectivity index (χ1) is 14.6. The molecule has 0 saturated heterocycles. The zero-order valence-corrected chi connectivity index (χ0v) is 17.3. The summed E-state index contributed by atoms with van der Waals surface area (Å²) in [5.74, 6) is -0.754. The molecule has 2 aromatic carbocycles. The summed E-state index contributed by atoms with van der Waals surface area (Å²) in [4.78, 5) is 30.3. The predicted molar refractivity (Wildman–Crippen MR) is 114 cm³/mol. The topological polar surface area (TPSA) is 65.0 Å². The Labute approximate surface area is 176 Å². The van der Waals surface area contributed by atoms with Gasteiger partial charge in [-0.15, -0.1) is 0 Å². The molecule has 5 nitrogen and oxygen atoms in total. The third-order valence-corrected chi connectivity index (χ3v) is 5.78. The van der Waals surface area contributed by atoms with Gasteiger partial charge in [0.1, 0.15) is 18.3 Å². The van der Waals surface area contributed by atoms with E-state index in [1.165, 1.54) is 7.11 Å². The first-order valence-electron chi connectivity index (χ1n) is 10.2. The van der Waals surface area contributed by atoms with E-state index in [1.807, 2.05) is 61.5 Å². The lowest BCUT2D eigenvalue weighted by Gasteiger charge is -2.34. The van der Waals surface area contributed by atoms with Crippen LogP contribution in [0.25, 0.3) is 0 Å². The molecule has 2 unspecified atom stereocenters. The molecule has 2 aliphatic rings. The van der Waals surface area contributed by atoms with Gasteiger partial charge in [-0.25, -0.2) is 0 Å². The zero-order valence-electron chi connectivity index (χ0n) is 17.3. The van der Waals surface area contributed by atoms with Crippen LogP contribution < -0.4 is 4.74 Å². The second kappa shape index (κ2) is 8.66. The lowest BCUT2D eigenvalue weighted by Crippen LogP contribution is -2.37. The third kappa shape index (κ3) is 3.80. The smallest absolute Gasteiger partial charge is 0.315 e. The molecule has 154 valence electrons. The first-order valence-corrected chi connectivity index (χ1v) is 10.2. The number of allylic oxidation sites excluding steroid dienone is 2. The van der Waals surface area contributed by atoms with Crippen molar-refractivity contribution in [3.63, 3.8) is 0 Å². The van der Waals surface area contributed by atoms with Crippen LogP contribution in [0.5, 0.6) is 5.75 Å². The lowest BCUT2D eigenvalue weighted by atomic mass is 9.71. The molecular weight excluding hydrogens is 378 g/mol. The summed E-state index contributed by atoms with van der Waals surface area (Å²) in [6.07, 6.45) is 2.01. The van der Waals surface area contributed by atoms with Crippen molar-refractivity contribution in [1.82, 2.24) is 0 Å². The summed E-state index contributed by atoms with van der Waals surface area (Å²) in [5, 5.41) is 0. The van der Waals surface area contributed by atoms with E-state index >= 15 is 0 Å². The van der Waals surface area contributed by atoms with Gasteiger partial charge in [-0.05, 0) is 31.4 Å². The normalized spacial score (nSPS) is 21.0. The van der Waals surface area contributed by atoms with E-state index in [1.54, 1.807) is 0 Å². The molecule has 4 rings (SSSR count). The number of ketones is 1. The molecule has 0 N–H and O–H groups in total. The molecule has 2 aromatic rings. The molecule has 0 fully saturated rings. The van der Waals surface area contributed by atoms with Crippen molar-refractivity contribution >= 4 is 17.5 Å². The Balaban J connectivity index is 1.78. The predicted octanol–water partition coefficient (Wildman–Crippen LogP) is 4.62. The van der Waals surface area contributed by atoms with E-state index in [9.17, 15) is 9.59 Å². The van der Waals surface area contributed by atoms with Crippen molar-refractivity contribution < 1.29 is 19.1 Å². The third-order valence-electron chi connectivity index (χ3n) is 5.78. The lowest BCUT2D eigenvalue weighted by molar-refractivity contribution is -0.143. The van der Waals surface area contributed by atoms with Gasteiger partial charge in [0.15, 0.2) is 5.78 Å². The number of ether oxygens (including phenoxy) is 2. The van der Waals surface area contributed by atoms with E-state index in [2.05, 4.69) is 4.99 Å². The molecule has 0 spiro atoms. The second-order valence-electron chi connectivity index (χ2n) is 7.68. The van der Waals surface area contributed by atoms with Crippen LogP contribution in [0.15, 0.2) is 70.9 Å². The summed E-state index contributed by atoms with van der Waals surface area (Å²) >= 11 is 0. The average Bonchev–Trinajstić information content (AvgIpc) is 2.77. The van der Waals surface area contributed by atoms with Crippen LogP contribution >= 0.6 is 0 Å². The monoisotopic (exact) mass is 403 g/mol. The van der Waals surface area contributed by atoms with Gasteiger partial charge in [-0.2, -0.15) is 0 Å². The number of para-hydroxylation sites is 1. The Kier molecular flexibility index (Phi) is 5.79. The van der Waals surface area contributed by atoms with E-state index in [-0.39, 0.29) is 11.8 Å². The molecule has 0 amide bonds. The molecule has 1 heterocycles. The Morgan fingerprint density at radius 2 is 1.80 bits per heavy atom. The van der Waals surface area contributed by atoms with Gasteiger partial charge < -0.3 is 9.47 Å². The standard InChI is InChI=1S/C25H25NO4/c1-16-22(25(28)29-2)23(24-19(26-16)12-8-13-20(24)27)18-11-6-7-14-21(18)30-15-17-9-4-3-5-10-17/h3-7,9-11,14,22-23H,8,12-13,15H2,1-2H3. The molecule has 0 radical (unpaired) electrons. The van der Waals surface area contributed by atoms with Gasteiger partial charge in [0.2, 0.25) is 0 Å². The highest BCUT2D eigenvalue weighted by atomic mass is 16.5. The van der Waals surface area contributed by atoms with Crippen LogP contribution in [0.3, 0.4) is 0 Å². The number of carbonyl (C=O) groups excluding carboxylic acids is 2. The second-order valence-corrected chi connectivity index (χ2v) is 7.68. The van der Waals surface area contributed by atoms with E-state index in [4.69, 9.17) is 9.47 Å². The van der Waals surface area contributed by atoms with E-state index in [0.717, 1.165) is 29.7 Å². The van der Waals surface area contributed by atoms with Crippen molar-refractivity contribution in [2.45, 2.75) is 38.7 Å². The van der Waals surface area contributed by atoms with Crippen molar-refractivity contribution in [3.8, 4) is 5.75 Å². The number of hydrogen-bond acceptors (Lipinski definition) is 5. The van der Waals surface area contributed by atoms with Crippen LogP contribution in [-0.4, -0.2) is 24.6 Å². The van der Waals surface area contributed by atoms with Crippen molar-refractivity contribution in [1.29, 1.82) is 0 Å². The average molecular weight is 403 g/mol. The molecule has 1 aliphatic carbocycles. The van der Waals surface area contributed by atoms with E-state index in [0.29, 0.717) is 30.1 Å². The van der Waals surface area contributed by atoms with Gasteiger partial charge >= 0.3 is 5.97 Å². The van der Waals surface area contributed by atoms with Crippen molar-refractivity contribution in [3.05, 3.63) is 77.0 Å². The van der Waals surface area contributed by atoms with Crippen LogP contribution in [0.2, 0.25) is 0 Å². The first kappa shape index (κ1) is 20.1. The SMILES string of the molecule is COC(=O)C1C(C)=NC2=C(C(=O)CCC2)C1c1ccccc1OCc1ccccc1. The highest BCUT2D eigenvalue weighted by Gasteiger charge is 2.43. The minimum atomic E-state index is -0.641. The van der Waals surface area contributed by atoms with Gasteiger partial charge in [0, 0.05) is 34.9 Å². The fourth-order valence-electron chi connectivity index (χ4n) is 4.38. The largest absolute Gasteiger partial charge is 0.489 e. The molecule has 0 saturated carbocycles. The minimum absolute atomic E-state index is 0.0595. The number of Topliss-reactive ketones (excluding diaryl/α,β-unsaturated/α-hetero) is 1. The number of rotatable bonds is 5. The highest BCUT2D eigenvalue weighted by Crippen LogP contribution is 2.46. The van der Waals surface area contributed by atoms with Gasteiger partial charge in [-0.1, -0.05) is 48.5 Å². The molecule has 5 heteroatoms. The Morgan fingerprint density at radius 1 is 1.07 bits per heavy atom. The molecular formula is C25H25NO4. The summed E-state index contributed by atoms with van der Waals surface area (Å²) < 4.78 is 11.3. The maximum atomic E-state index is 12.9. The Morgan fingerprint density at radius 3 is 2.57 bits per heavy atom. The summed E-state index contributed by atoms with van der Waals surface area (Å²) in [7, 11) is 1.37. The van der Waals surface area contributed by atoms with Crippen LogP contribution in [0.1, 0.15) is 43.2 Å². The van der Waals surface area contributed by atoms with Crippen molar-refractivity contribution in [2.24, 2.45) is 10.9 Å². The fourth-order valence-corrected chi connectivity index (χ4v) is 4.38. The van der Waals surface area contributed by atoms with Gasteiger partial charge in [0.05, 0.1) is 7.11 Å². The number of methoxy groups -OCH3 is 1. The number of benzene rings is 2. The summed E-state index contributed by atoms with van der Waals surface area (Å²) in [5.41, 5.74) is 3.98. The fraction of sp³-hybridized carbons (Fsp3) is 0.320. The number of nitrogens with zero attached hydrogens (tertiary/aromatic N) is 1. The summed E-state index contributed by atoms with van der Waals surface area (Å²) in [6.45, 7) is 2.24. The Bertz CT molecular complexity index is 1020. The maximum absolute atomic E-state index is 12.9. The Hall–Kier alpha value is -3.21. The zero-order chi connectivity index (χ0) is 21.1. The van der Waals surface area contributed by atoms with Crippen molar-refractivity contribution in [2.75, 3.05) is 7.11 Å². The van der Waals surface area contributed by atoms with E-state index < -0.39 is 11.8 Å². The molecule has 2 atom stereocenters. The van der Waals surface area contributed by atoms with Crippen LogP contribution in [0.4, 0.5) is 0 Å². The molecule has 1 aliphatic heterocycles. The van der Waals surface area contributed by atoms with Gasteiger partial charge in [0.25, 0.3) is 0 Å².